The van der Waals surface area contributed by atoms with Gasteiger partial charge in [-0.15, -0.1) is 0 Å². The van der Waals surface area contributed by atoms with Gasteiger partial charge in [0.1, 0.15) is 5.82 Å². The van der Waals surface area contributed by atoms with Crippen LogP contribution in [0, 0.1) is 0 Å². The van der Waals surface area contributed by atoms with E-state index in [1.165, 1.54) is 5.56 Å². The van der Waals surface area contributed by atoms with E-state index in [2.05, 4.69) is 20.2 Å². The quantitative estimate of drug-likeness (QED) is 0.628. The van der Waals surface area contributed by atoms with Gasteiger partial charge < -0.3 is 21.7 Å². The SMILES string of the molecule is Nc1nc2c(c(N3CCC(N)CC3)n1)CCNC2. The number of nitrogens with two attached hydrogens (primary N) is 2. The van der Waals surface area contributed by atoms with Crippen molar-refractivity contribution in [1.82, 2.24) is 15.3 Å². The molecule has 0 radical (unpaired) electrons. The van der Waals surface area contributed by atoms with E-state index in [1.807, 2.05) is 0 Å². The number of anilines is 2. The van der Waals surface area contributed by atoms with E-state index in [0.717, 1.165) is 57.0 Å². The van der Waals surface area contributed by atoms with Crippen LogP contribution >= 0.6 is 0 Å². The van der Waals surface area contributed by atoms with Crippen LogP contribution in [0.5, 0.6) is 0 Å². The van der Waals surface area contributed by atoms with Gasteiger partial charge >= 0.3 is 0 Å². The molecule has 98 valence electrons. The van der Waals surface area contributed by atoms with Crippen LogP contribution in [0.2, 0.25) is 0 Å². The van der Waals surface area contributed by atoms with Crippen LogP contribution in [0.15, 0.2) is 0 Å². The van der Waals surface area contributed by atoms with Gasteiger partial charge in [0.15, 0.2) is 0 Å². The Morgan fingerprint density at radius 2 is 2.00 bits per heavy atom. The van der Waals surface area contributed by atoms with Crippen molar-refractivity contribution < 1.29 is 0 Å². The Morgan fingerprint density at radius 1 is 1.22 bits per heavy atom. The van der Waals surface area contributed by atoms with Gasteiger partial charge in [-0.2, -0.15) is 4.98 Å². The van der Waals surface area contributed by atoms with Crippen LogP contribution in [0.3, 0.4) is 0 Å². The molecule has 1 aromatic heterocycles. The smallest absolute Gasteiger partial charge is 0.222 e. The molecule has 0 bridgehead atoms. The minimum absolute atomic E-state index is 0.331. The third-order valence-corrected chi connectivity index (χ3v) is 3.77. The van der Waals surface area contributed by atoms with Gasteiger partial charge in [-0.3, -0.25) is 0 Å². The predicted molar refractivity (Wildman–Crippen MR) is 71.3 cm³/mol. The molecule has 1 fully saturated rings. The molecular formula is C12H20N6. The summed E-state index contributed by atoms with van der Waals surface area (Å²) in [5, 5.41) is 3.32. The summed E-state index contributed by atoms with van der Waals surface area (Å²) in [6.45, 7) is 3.72. The number of nitrogens with one attached hydrogen (secondary N) is 1. The Balaban J connectivity index is 1.93. The Labute approximate surface area is 107 Å². The van der Waals surface area contributed by atoms with E-state index >= 15 is 0 Å². The molecule has 0 atom stereocenters. The number of fused-ring (bicyclic) bond motifs is 1. The average Bonchev–Trinajstić information content (AvgIpc) is 2.38. The topological polar surface area (TPSA) is 93.1 Å². The van der Waals surface area contributed by atoms with Crippen molar-refractivity contribution in [3.63, 3.8) is 0 Å². The van der Waals surface area contributed by atoms with Gasteiger partial charge in [0.25, 0.3) is 0 Å². The largest absolute Gasteiger partial charge is 0.368 e. The lowest BCUT2D eigenvalue weighted by Crippen LogP contribution is -2.41. The van der Waals surface area contributed by atoms with E-state index in [-0.39, 0.29) is 0 Å². The Kier molecular flexibility index (Phi) is 3.05. The van der Waals surface area contributed by atoms with E-state index in [4.69, 9.17) is 11.5 Å². The van der Waals surface area contributed by atoms with Gasteiger partial charge in [0.05, 0.1) is 5.69 Å². The van der Waals surface area contributed by atoms with Gasteiger partial charge in [0, 0.05) is 31.2 Å². The molecule has 2 aliphatic rings. The number of piperidine rings is 1. The highest BCUT2D eigenvalue weighted by Gasteiger charge is 2.23. The lowest BCUT2D eigenvalue weighted by molar-refractivity contribution is 0.495. The summed E-state index contributed by atoms with van der Waals surface area (Å²) in [4.78, 5) is 11.1. The molecule has 2 aliphatic heterocycles. The van der Waals surface area contributed by atoms with Gasteiger partial charge in [-0.25, -0.2) is 4.98 Å². The Morgan fingerprint density at radius 3 is 2.78 bits per heavy atom. The van der Waals surface area contributed by atoms with E-state index < -0.39 is 0 Å². The molecule has 0 unspecified atom stereocenters. The van der Waals surface area contributed by atoms with Gasteiger partial charge in [0.2, 0.25) is 5.95 Å². The first-order valence-corrected chi connectivity index (χ1v) is 6.60. The Bertz CT molecular complexity index is 438. The van der Waals surface area contributed by atoms with Crippen molar-refractivity contribution >= 4 is 11.8 Å². The summed E-state index contributed by atoms with van der Waals surface area (Å²) in [6, 6.07) is 0.331. The summed E-state index contributed by atoms with van der Waals surface area (Å²) < 4.78 is 0. The van der Waals surface area contributed by atoms with Crippen LogP contribution < -0.4 is 21.7 Å². The average molecular weight is 248 g/mol. The third-order valence-electron chi connectivity index (χ3n) is 3.77. The number of aromatic nitrogens is 2. The molecule has 3 heterocycles. The van der Waals surface area contributed by atoms with E-state index in [1.54, 1.807) is 0 Å². The molecule has 6 heteroatoms. The standard InChI is InChI=1S/C12H20N6/c13-8-2-5-18(6-3-8)11-9-1-4-15-7-10(9)16-12(14)17-11/h8,15H,1-7,13H2,(H2,14,16,17). The molecule has 1 saturated heterocycles. The van der Waals surface area contributed by atoms with E-state index in [9.17, 15) is 0 Å². The summed E-state index contributed by atoms with van der Waals surface area (Å²) in [7, 11) is 0. The molecule has 0 spiro atoms. The second-order valence-corrected chi connectivity index (χ2v) is 5.08. The number of hydrogen-bond acceptors (Lipinski definition) is 6. The van der Waals surface area contributed by atoms with Crippen molar-refractivity contribution in [2.24, 2.45) is 5.73 Å². The van der Waals surface area contributed by atoms with Crippen LogP contribution in [0.4, 0.5) is 11.8 Å². The maximum Gasteiger partial charge on any atom is 0.222 e. The van der Waals surface area contributed by atoms with Crippen molar-refractivity contribution in [3.05, 3.63) is 11.3 Å². The molecule has 0 amide bonds. The first kappa shape index (κ1) is 11.7. The number of rotatable bonds is 1. The van der Waals surface area contributed by atoms with Crippen LogP contribution in [-0.4, -0.2) is 35.6 Å². The fourth-order valence-electron chi connectivity index (χ4n) is 2.73. The summed E-state index contributed by atoms with van der Waals surface area (Å²) in [5.74, 6) is 1.41. The van der Waals surface area contributed by atoms with Gasteiger partial charge in [-0.05, 0) is 25.8 Å². The molecule has 6 nitrogen and oxygen atoms in total. The zero-order valence-corrected chi connectivity index (χ0v) is 10.5. The first-order valence-electron chi connectivity index (χ1n) is 6.60. The predicted octanol–water partition coefficient (Wildman–Crippen LogP) is -0.368. The number of nitrogen functional groups attached to an aromatic ring is 1. The minimum Gasteiger partial charge on any atom is -0.368 e. The minimum atomic E-state index is 0.331. The number of nitrogens with zero attached hydrogens (tertiary/aromatic N) is 3. The lowest BCUT2D eigenvalue weighted by atomic mass is 10.0. The van der Waals surface area contributed by atoms with Crippen molar-refractivity contribution in [2.75, 3.05) is 30.3 Å². The lowest BCUT2D eigenvalue weighted by Gasteiger charge is -2.33. The van der Waals surface area contributed by atoms with Gasteiger partial charge in [-0.1, -0.05) is 0 Å². The second kappa shape index (κ2) is 4.70. The summed E-state index contributed by atoms with van der Waals surface area (Å²) in [6.07, 6.45) is 3.03. The Hall–Kier alpha value is -1.40. The molecule has 5 N–H and O–H groups in total. The van der Waals surface area contributed by atoms with Crippen LogP contribution in [-0.2, 0) is 13.0 Å². The van der Waals surface area contributed by atoms with Crippen molar-refractivity contribution in [2.45, 2.75) is 31.8 Å². The first-order chi connectivity index (χ1) is 8.74. The zero-order chi connectivity index (χ0) is 12.5. The highest BCUT2D eigenvalue weighted by Crippen LogP contribution is 2.26. The highest BCUT2D eigenvalue weighted by molar-refractivity contribution is 5.53. The molecular weight excluding hydrogens is 228 g/mol. The summed E-state index contributed by atoms with van der Waals surface area (Å²) in [5.41, 5.74) is 14.1. The van der Waals surface area contributed by atoms with E-state index in [0.29, 0.717) is 12.0 Å². The zero-order valence-electron chi connectivity index (χ0n) is 10.5. The van der Waals surface area contributed by atoms with Crippen molar-refractivity contribution in [3.8, 4) is 0 Å². The second-order valence-electron chi connectivity index (χ2n) is 5.08. The van der Waals surface area contributed by atoms with Crippen LogP contribution in [0.1, 0.15) is 24.1 Å². The molecule has 0 aromatic carbocycles. The molecule has 18 heavy (non-hydrogen) atoms. The third kappa shape index (κ3) is 2.13. The molecule has 1 aromatic rings. The maximum atomic E-state index is 5.95. The molecule has 3 rings (SSSR count). The fraction of sp³-hybridized carbons (Fsp3) is 0.667. The van der Waals surface area contributed by atoms with Crippen LogP contribution in [0.25, 0.3) is 0 Å². The monoisotopic (exact) mass is 248 g/mol. The fourth-order valence-corrected chi connectivity index (χ4v) is 2.73. The normalized spacial score (nSPS) is 20.8. The maximum absolute atomic E-state index is 5.95. The van der Waals surface area contributed by atoms with Crippen molar-refractivity contribution in [1.29, 1.82) is 0 Å². The molecule has 0 saturated carbocycles. The molecule has 0 aliphatic carbocycles. The number of hydrogen-bond donors (Lipinski definition) is 3. The highest BCUT2D eigenvalue weighted by atomic mass is 15.2. The summed E-state index contributed by atoms with van der Waals surface area (Å²) >= 11 is 0.